The summed E-state index contributed by atoms with van der Waals surface area (Å²) in [5.74, 6) is 2.58. The van der Waals surface area contributed by atoms with Gasteiger partial charge in [0.15, 0.2) is 5.82 Å². The highest BCUT2D eigenvalue weighted by Gasteiger charge is 2.25. The van der Waals surface area contributed by atoms with Gasteiger partial charge in [0.05, 0.1) is 5.56 Å². The van der Waals surface area contributed by atoms with Gasteiger partial charge in [-0.2, -0.15) is 10.2 Å². The summed E-state index contributed by atoms with van der Waals surface area (Å²) >= 11 is 0. The molecule has 2 aromatic heterocycles. The highest BCUT2D eigenvalue weighted by atomic mass is 16.5. The van der Waals surface area contributed by atoms with Crippen molar-refractivity contribution in [2.45, 2.75) is 51.4 Å². The van der Waals surface area contributed by atoms with E-state index in [1.54, 1.807) is 12.3 Å². The first-order chi connectivity index (χ1) is 10.3. The first kappa shape index (κ1) is 13.9. The van der Waals surface area contributed by atoms with Gasteiger partial charge in [-0.3, -0.25) is 0 Å². The Morgan fingerprint density at radius 2 is 2.19 bits per heavy atom. The van der Waals surface area contributed by atoms with Crippen LogP contribution in [0.4, 0.5) is 0 Å². The molecule has 0 atom stereocenters. The van der Waals surface area contributed by atoms with Crippen LogP contribution in [0.15, 0.2) is 16.8 Å². The fourth-order valence-electron chi connectivity index (χ4n) is 3.21. The van der Waals surface area contributed by atoms with Crippen LogP contribution in [-0.4, -0.2) is 15.1 Å². The van der Waals surface area contributed by atoms with E-state index in [2.05, 4.69) is 28.1 Å². The first-order valence-corrected chi connectivity index (χ1v) is 7.72. The molecule has 0 aliphatic heterocycles. The van der Waals surface area contributed by atoms with Crippen LogP contribution in [0.1, 0.15) is 62.8 Å². The molecule has 21 heavy (non-hydrogen) atoms. The summed E-state index contributed by atoms with van der Waals surface area (Å²) in [7, 11) is 0. The van der Waals surface area contributed by atoms with Crippen molar-refractivity contribution in [2.75, 3.05) is 0 Å². The minimum Gasteiger partial charge on any atom is -0.356 e. The molecule has 1 N–H and O–H groups in total. The van der Waals surface area contributed by atoms with Gasteiger partial charge in [0.1, 0.15) is 11.8 Å². The average molecular weight is 284 g/mol. The molecule has 5 nitrogen and oxygen atoms in total. The smallest absolute Gasteiger partial charge is 0.274 e. The van der Waals surface area contributed by atoms with Crippen molar-refractivity contribution < 1.29 is 4.52 Å². The van der Waals surface area contributed by atoms with Gasteiger partial charge in [0.25, 0.3) is 5.89 Å². The second-order valence-corrected chi connectivity index (χ2v) is 5.88. The Labute approximate surface area is 124 Å². The monoisotopic (exact) mass is 284 g/mol. The van der Waals surface area contributed by atoms with Crippen molar-refractivity contribution in [1.29, 1.82) is 5.26 Å². The molecule has 2 aromatic rings. The standard InChI is InChI=1S/C16H20N4O/c1-2-3-11-4-6-13(7-5-11)15-19-16(21-20-15)14-8-12(9-17)10-18-14/h8,10-11,13,18H,2-7H2,1H3. The lowest BCUT2D eigenvalue weighted by molar-refractivity contribution is 0.296. The number of nitrogens with zero attached hydrogens (tertiary/aromatic N) is 3. The summed E-state index contributed by atoms with van der Waals surface area (Å²) in [4.78, 5) is 7.50. The van der Waals surface area contributed by atoms with Gasteiger partial charge in [-0.1, -0.05) is 24.9 Å². The summed E-state index contributed by atoms with van der Waals surface area (Å²) in [6, 6.07) is 3.81. The van der Waals surface area contributed by atoms with Crippen LogP contribution >= 0.6 is 0 Å². The molecule has 0 bridgehead atoms. The van der Waals surface area contributed by atoms with Gasteiger partial charge in [0.2, 0.25) is 0 Å². The highest BCUT2D eigenvalue weighted by Crippen LogP contribution is 2.36. The van der Waals surface area contributed by atoms with E-state index in [4.69, 9.17) is 9.78 Å². The van der Waals surface area contributed by atoms with E-state index in [-0.39, 0.29) is 0 Å². The van der Waals surface area contributed by atoms with Crippen molar-refractivity contribution in [3.05, 3.63) is 23.7 Å². The zero-order chi connectivity index (χ0) is 14.7. The maximum Gasteiger partial charge on any atom is 0.274 e. The van der Waals surface area contributed by atoms with Crippen LogP contribution in [0.25, 0.3) is 11.6 Å². The van der Waals surface area contributed by atoms with E-state index < -0.39 is 0 Å². The fourth-order valence-corrected chi connectivity index (χ4v) is 3.21. The molecule has 1 saturated carbocycles. The number of aromatic amines is 1. The summed E-state index contributed by atoms with van der Waals surface area (Å²) < 4.78 is 5.33. The minimum absolute atomic E-state index is 0.418. The van der Waals surface area contributed by atoms with Gasteiger partial charge >= 0.3 is 0 Å². The lowest BCUT2D eigenvalue weighted by Gasteiger charge is -2.26. The molecule has 3 rings (SSSR count). The Balaban J connectivity index is 1.67. The Morgan fingerprint density at radius 1 is 1.38 bits per heavy atom. The Kier molecular flexibility index (Phi) is 4.05. The Morgan fingerprint density at radius 3 is 2.86 bits per heavy atom. The van der Waals surface area contributed by atoms with Gasteiger partial charge in [-0.05, 0) is 37.7 Å². The molecule has 1 fully saturated rings. The second-order valence-electron chi connectivity index (χ2n) is 5.88. The molecule has 0 unspecified atom stereocenters. The molecule has 5 heteroatoms. The number of nitrogens with one attached hydrogen (secondary N) is 1. The average Bonchev–Trinajstić information content (AvgIpc) is 3.17. The van der Waals surface area contributed by atoms with Gasteiger partial charge in [0, 0.05) is 12.1 Å². The van der Waals surface area contributed by atoms with E-state index in [0.29, 0.717) is 23.1 Å². The van der Waals surface area contributed by atoms with Crippen LogP contribution in [0.3, 0.4) is 0 Å². The molecule has 1 aliphatic carbocycles. The lowest BCUT2D eigenvalue weighted by atomic mass is 9.80. The normalized spacial score (nSPS) is 22.1. The predicted molar refractivity (Wildman–Crippen MR) is 78.4 cm³/mol. The maximum atomic E-state index is 8.84. The third kappa shape index (κ3) is 2.99. The second kappa shape index (κ2) is 6.13. The molecular formula is C16H20N4O. The van der Waals surface area contributed by atoms with E-state index in [1.807, 2.05) is 0 Å². The Hall–Kier alpha value is -2.09. The maximum absolute atomic E-state index is 8.84. The minimum atomic E-state index is 0.418. The largest absolute Gasteiger partial charge is 0.356 e. The van der Waals surface area contributed by atoms with E-state index in [1.165, 1.54) is 25.7 Å². The van der Waals surface area contributed by atoms with Crippen LogP contribution < -0.4 is 0 Å². The molecule has 0 aromatic carbocycles. The van der Waals surface area contributed by atoms with Crippen molar-refractivity contribution >= 4 is 0 Å². The van der Waals surface area contributed by atoms with Gasteiger partial charge in [-0.25, -0.2) is 0 Å². The number of rotatable bonds is 4. The van der Waals surface area contributed by atoms with Crippen LogP contribution in [0, 0.1) is 17.2 Å². The van der Waals surface area contributed by atoms with E-state index in [9.17, 15) is 0 Å². The third-order valence-electron chi connectivity index (χ3n) is 4.39. The van der Waals surface area contributed by atoms with Crippen molar-refractivity contribution in [3.63, 3.8) is 0 Å². The molecule has 1 aliphatic rings. The van der Waals surface area contributed by atoms with Crippen LogP contribution in [0.5, 0.6) is 0 Å². The third-order valence-corrected chi connectivity index (χ3v) is 4.39. The van der Waals surface area contributed by atoms with Crippen molar-refractivity contribution in [1.82, 2.24) is 15.1 Å². The molecule has 110 valence electrons. The van der Waals surface area contributed by atoms with E-state index >= 15 is 0 Å². The number of nitriles is 1. The van der Waals surface area contributed by atoms with Crippen molar-refractivity contribution in [3.8, 4) is 17.7 Å². The number of hydrogen-bond acceptors (Lipinski definition) is 4. The highest BCUT2D eigenvalue weighted by molar-refractivity contribution is 5.51. The van der Waals surface area contributed by atoms with Gasteiger partial charge < -0.3 is 9.51 Å². The summed E-state index contributed by atoms with van der Waals surface area (Å²) in [5, 5.41) is 13.0. The molecule has 0 spiro atoms. The van der Waals surface area contributed by atoms with Gasteiger partial charge in [-0.15, -0.1) is 0 Å². The number of H-pyrrole nitrogens is 1. The van der Waals surface area contributed by atoms with Crippen molar-refractivity contribution in [2.24, 2.45) is 5.92 Å². The first-order valence-electron chi connectivity index (χ1n) is 7.72. The molecule has 0 amide bonds. The summed E-state index contributed by atoms with van der Waals surface area (Å²) in [6.07, 6.45) is 9.09. The van der Waals surface area contributed by atoms with Crippen LogP contribution in [-0.2, 0) is 0 Å². The molecular weight excluding hydrogens is 264 g/mol. The lowest BCUT2D eigenvalue weighted by Crippen LogP contribution is -2.14. The summed E-state index contributed by atoms with van der Waals surface area (Å²) in [5.41, 5.74) is 1.29. The SMILES string of the molecule is CCCC1CCC(c2noc(-c3cc(C#N)c[nH]3)n2)CC1. The zero-order valence-electron chi connectivity index (χ0n) is 12.3. The Bertz CT molecular complexity index is 629. The topological polar surface area (TPSA) is 78.5 Å². The molecule has 0 saturated heterocycles. The number of aromatic nitrogens is 3. The molecule has 0 radical (unpaired) electrons. The quantitative estimate of drug-likeness (QED) is 0.920. The zero-order valence-corrected chi connectivity index (χ0v) is 12.3. The predicted octanol–water partition coefficient (Wildman–Crippen LogP) is 4.01. The van der Waals surface area contributed by atoms with E-state index in [0.717, 1.165) is 24.6 Å². The summed E-state index contributed by atoms with van der Waals surface area (Å²) in [6.45, 7) is 2.25. The molecule has 2 heterocycles. The fraction of sp³-hybridized carbons (Fsp3) is 0.562. The van der Waals surface area contributed by atoms with Crippen LogP contribution in [0.2, 0.25) is 0 Å². The number of hydrogen-bond donors (Lipinski definition) is 1.